The van der Waals surface area contributed by atoms with Gasteiger partial charge in [0.2, 0.25) is 0 Å². The summed E-state index contributed by atoms with van der Waals surface area (Å²) in [7, 11) is 0. The maximum Gasteiger partial charge on any atom is 0.322 e. The number of halogens is 1. The molecule has 0 aromatic heterocycles. The highest BCUT2D eigenvalue weighted by Crippen LogP contribution is 2.28. The van der Waals surface area contributed by atoms with Crippen molar-refractivity contribution in [1.82, 2.24) is 10.6 Å². The lowest BCUT2D eigenvalue weighted by Gasteiger charge is -2.09. The number of carbonyl (C=O) groups is 2. The summed E-state index contributed by atoms with van der Waals surface area (Å²) < 4.78 is 0.726. The SMILES string of the molecule is O=C1NC(=O)C(c2cc(Br)ccc2O)N1. The smallest absolute Gasteiger partial charge is 0.322 e. The van der Waals surface area contributed by atoms with Crippen LogP contribution >= 0.6 is 15.9 Å². The maximum atomic E-state index is 11.3. The molecule has 3 N–H and O–H groups in total. The Kier molecular flexibility index (Phi) is 2.36. The van der Waals surface area contributed by atoms with Gasteiger partial charge in [-0.2, -0.15) is 0 Å². The zero-order valence-corrected chi connectivity index (χ0v) is 9.04. The first kappa shape index (κ1) is 9.97. The van der Waals surface area contributed by atoms with Gasteiger partial charge in [0, 0.05) is 10.0 Å². The Morgan fingerprint density at radius 1 is 1.33 bits per heavy atom. The van der Waals surface area contributed by atoms with Crippen molar-refractivity contribution < 1.29 is 14.7 Å². The number of hydrogen-bond donors (Lipinski definition) is 3. The fourth-order valence-electron chi connectivity index (χ4n) is 1.39. The van der Waals surface area contributed by atoms with Crippen molar-refractivity contribution >= 4 is 27.9 Å². The number of amides is 3. The van der Waals surface area contributed by atoms with Crippen molar-refractivity contribution in [3.05, 3.63) is 28.2 Å². The average molecular weight is 271 g/mol. The van der Waals surface area contributed by atoms with Crippen molar-refractivity contribution in [3.8, 4) is 5.75 Å². The van der Waals surface area contributed by atoms with Crippen LogP contribution in [0.3, 0.4) is 0 Å². The molecule has 3 amide bonds. The van der Waals surface area contributed by atoms with Crippen molar-refractivity contribution in [2.75, 3.05) is 0 Å². The predicted octanol–water partition coefficient (Wildman–Crippen LogP) is 1.04. The number of nitrogens with one attached hydrogen (secondary N) is 2. The minimum atomic E-state index is -0.824. The van der Waals surface area contributed by atoms with Gasteiger partial charge in [0.25, 0.3) is 5.91 Å². The minimum Gasteiger partial charge on any atom is -0.508 e. The summed E-state index contributed by atoms with van der Waals surface area (Å²) in [4.78, 5) is 22.2. The molecule has 15 heavy (non-hydrogen) atoms. The lowest BCUT2D eigenvalue weighted by atomic mass is 10.1. The zero-order chi connectivity index (χ0) is 11.0. The highest BCUT2D eigenvalue weighted by molar-refractivity contribution is 9.10. The summed E-state index contributed by atoms with van der Waals surface area (Å²) >= 11 is 3.22. The second-order valence-electron chi connectivity index (χ2n) is 3.10. The molecule has 2 rings (SSSR count). The summed E-state index contributed by atoms with van der Waals surface area (Å²) in [5, 5.41) is 14.1. The lowest BCUT2D eigenvalue weighted by Crippen LogP contribution is -2.22. The molecule has 78 valence electrons. The Bertz CT molecular complexity index is 447. The van der Waals surface area contributed by atoms with Crippen LogP contribution in [0.1, 0.15) is 11.6 Å². The van der Waals surface area contributed by atoms with Crippen molar-refractivity contribution in [3.63, 3.8) is 0 Å². The van der Waals surface area contributed by atoms with Gasteiger partial charge in [-0.1, -0.05) is 15.9 Å². The first-order chi connectivity index (χ1) is 7.08. The molecule has 1 fully saturated rings. The normalized spacial score (nSPS) is 19.9. The van der Waals surface area contributed by atoms with Crippen LogP contribution in [0.25, 0.3) is 0 Å². The molecule has 1 unspecified atom stereocenters. The van der Waals surface area contributed by atoms with Crippen LogP contribution in [-0.4, -0.2) is 17.0 Å². The van der Waals surface area contributed by atoms with Crippen LogP contribution in [0.4, 0.5) is 4.79 Å². The van der Waals surface area contributed by atoms with E-state index in [4.69, 9.17) is 0 Å². The largest absolute Gasteiger partial charge is 0.508 e. The lowest BCUT2D eigenvalue weighted by molar-refractivity contribution is -0.120. The summed E-state index contributed by atoms with van der Waals surface area (Å²) in [6, 6.07) is 3.31. The standard InChI is InChI=1S/C9H7BrN2O3/c10-4-1-2-6(13)5(3-4)7-8(14)12-9(15)11-7/h1-3,7,13H,(H2,11,12,14,15). The number of phenolic OH excluding ortho intramolecular Hbond substituents is 1. The van der Waals surface area contributed by atoms with E-state index in [0.29, 0.717) is 5.56 Å². The second kappa shape index (κ2) is 3.54. The molecule has 1 atom stereocenters. The maximum absolute atomic E-state index is 11.3. The third-order valence-corrected chi connectivity index (χ3v) is 2.57. The second-order valence-corrected chi connectivity index (χ2v) is 4.01. The molecule has 1 aliphatic heterocycles. The van der Waals surface area contributed by atoms with Gasteiger partial charge >= 0.3 is 6.03 Å². The number of benzene rings is 1. The molecule has 0 bridgehead atoms. The predicted molar refractivity (Wildman–Crippen MR) is 55.2 cm³/mol. The number of hydrogen-bond acceptors (Lipinski definition) is 3. The Morgan fingerprint density at radius 2 is 2.07 bits per heavy atom. The third-order valence-electron chi connectivity index (χ3n) is 2.07. The molecule has 0 aliphatic carbocycles. The van der Waals surface area contributed by atoms with E-state index in [1.165, 1.54) is 6.07 Å². The average Bonchev–Trinajstić information content (AvgIpc) is 2.50. The van der Waals surface area contributed by atoms with E-state index in [1.54, 1.807) is 12.1 Å². The van der Waals surface area contributed by atoms with E-state index >= 15 is 0 Å². The van der Waals surface area contributed by atoms with Gasteiger partial charge in [0.05, 0.1) is 0 Å². The highest BCUT2D eigenvalue weighted by Gasteiger charge is 2.32. The van der Waals surface area contributed by atoms with Crippen LogP contribution in [0.5, 0.6) is 5.75 Å². The quantitative estimate of drug-likeness (QED) is 0.667. The summed E-state index contributed by atoms with van der Waals surface area (Å²) in [6.45, 7) is 0. The number of imide groups is 1. The van der Waals surface area contributed by atoms with Gasteiger partial charge in [-0.05, 0) is 18.2 Å². The fourth-order valence-corrected chi connectivity index (χ4v) is 1.77. The Balaban J connectivity index is 2.41. The van der Waals surface area contributed by atoms with Gasteiger partial charge < -0.3 is 10.4 Å². The molecule has 0 saturated carbocycles. The van der Waals surface area contributed by atoms with Crippen LogP contribution < -0.4 is 10.6 Å². The summed E-state index contributed by atoms with van der Waals surface area (Å²) in [5.41, 5.74) is 0.368. The Hall–Kier alpha value is -1.56. The molecule has 0 radical (unpaired) electrons. The van der Waals surface area contributed by atoms with Gasteiger partial charge in [0.1, 0.15) is 11.8 Å². The molecule has 1 aromatic carbocycles. The number of phenols is 1. The molecule has 1 aliphatic rings. The van der Waals surface area contributed by atoms with Gasteiger partial charge in [-0.15, -0.1) is 0 Å². The van der Waals surface area contributed by atoms with E-state index in [0.717, 1.165) is 4.47 Å². The monoisotopic (exact) mass is 270 g/mol. The molecule has 6 heteroatoms. The van der Waals surface area contributed by atoms with E-state index in [-0.39, 0.29) is 5.75 Å². The van der Waals surface area contributed by atoms with E-state index in [1.807, 2.05) is 0 Å². The van der Waals surface area contributed by atoms with Crippen LogP contribution in [0, 0.1) is 0 Å². The van der Waals surface area contributed by atoms with Gasteiger partial charge in [-0.25, -0.2) is 4.79 Å². The Morgan fingerprint density at radius 3 is 2.67 bits per heavy atom. The molecule has 5 nitrogen and oxygen atoms in total. The van der Waals surface area contributed by atoms with Gasteiger partial charge in [-0.3, -0.25) is 10.1 Å². The molecular weight excluding hydrogens is 264 g/mol. The molecule has 0 spiro atoms. The zero-order valence-electron chi connectivity index (χ0n) is 7.45. The van der Waals surface area contributed by atoms with Gasteiger partial charge in [0.15, 0.2) is 0 Å². The van der Waals surface area contributed by atoms with Crippen LogP contribution in [-0.2, 0) is 4.79 Å². The van der Waals surface area contributed by atoms with E-state index < -0.39 is 18.0 Å². The minimum absolute atomic E-state index is 0.0273. The van der Waals surface area contributed by atoms with Crippen molar-refractivity contribution in [2.24, 2.45) is 0 Å². The third kappa shape index (κ3) is 1.80. The number of rotatable bonds is 1. The topological polar surface area (TPSA) is 78.4 Å². The van der Waals surface area contributed by atoms with Crippen molar-refractivity contribution in [1.29, 1.82) is 0 Å². The van der Waals surface area contributed by atoms with E-state index in [9.17, 15) is 14.7 Å². The van der Waals surface area contributed by atoms with Crippen LogP contribution in [0.2, 0.25) is 0 Å². The first-order valence-electron chi connectivity index (χ1n) is 4.17. The van der Waals surface area contributed by atoms with E-state index in [2.05, 4.69) is 26.6 Å². The fraction of sp³-hybridized carbons (Fsp3) is 0.111. The molecule has 1 heterocycles. The van der Waals surface area contributed by atoms with Crippen LogP contribution in [0.15, 0.2) is 22.7 Å². The molecule has 1 saturated heterocycles. The number of carbonyl (C=O) groups excluding carboxylic acids is 2. The first-order valence-corrected chi connectivity index (χ1v) is 4.97. The highest BCUT2D eigenvalue weighted by atomic mass is 79.9. The summed E-state index contributed by atoms with van der Waals surface area (Å²) in [5.74, 6) is -0.492. The van der Waals surface area contributed by atoms with Crippen molar-refractivity contribution in [2.45, 2.75) is 6.04 Å². The number of aromatic hydroxyl groups is 1. The Labute approximate surface area is 93.6 Å². The number of urea groups is 1. The molecule has 1 aromatic rings. The molecular formula is C9H7BrN2O3. The summed E-state index contributed by atoms with van der Waals surface area (Å²) in [6.07, 6.45) is 0.